The fourth-order valence-corrected chi connectivity index (χ4v) is 5.96. The van der Waals surface area contributed by atoms with Crippen molar-refractivity contribution in [3.05, 3.63) is 51.2 Å². The molecule has 2 aliphatic rings. The van der Waals surface area contributed by atoms with E-state index in [1.807, 2.05) is 0 Å². The zero-order valence-corrected chi connectivity index (χ0v) is 20.3. The molecule has 0 radical (unpaired) electrons. The minimum absolute atomic E-state index is 0.144. The lowest BCUT2D eigenvalue weighted by Gasteiger charge is -2.12. The minimum atomic E-state index is -0.630. The monoisotopic (exact) mass is 494 g/mol. The number of amides is 2. The molecule has 0 saturated carbocycles. The third kappa shape index (κ3) is 4.39. The number of fused-ring (bicyclic) bond motifs is 4. The standard InChI is InChI=1S/C25H26N4O5S/c1-33-11-5-10-29-23(30)15-9-8-14(12-17(15)24(29)31)25(32)34-13-19-27-21(26)20-16-6-3-2-4-7-18(16)35-22(20)28-19/h8-9,12H,2-7,10-11,13H2,1H3,(H2,26,27,28). The Kier molecular flexibility index (Phi) is 6.48. The molecule has 9 nitrogen and oxygen atoms in total. The number of nitrogens with zero attached hydrogens (tertiary/aromatic N) is 3. The second kappa shape index (κ2) is 9.71. The number of imide groups is 1. The zero-order valence-electron chi connectivity index (χ0n) is 19.5. The normalized spacial score (nSPS) is 15.3. The van der Waals surface area contributed by atoms with Gasteiger partial charge in [0.2, 0.25) is 0 Å². The van der Waals surface area contributed by atoms with Crippen LogP contribution in [0.5, 0.6) is 0 Å². The van der Waals surface area contributed by atoms with Crippen molar-refractivity contribution in [1.29, 1.82) is 0 Å². The van der Waals surface area contributed by atoms with Crippen molar-refractivity contribution in [2.24, 2.45) is 0 Å². The molecule has 0 bridgehead atoms. The summed E-state index contributed by atoms with van der Waals surface area (Å²) in [6, 6.07) is 4.38. The van der Waals surface area contributed by atoms with Crippen molar-refractivity contribution in [1.82, 2.24) is 14.9 Å². The quantitative estimate of drug-likeness (QED) is 0.229. The number of hydrogen-bond acceptors (Lipinski definition) is 9. The van der Waals surface area contributed by atoms with Gasteiger partial charge in [-0.1, -0.05) is 6.42 Å². The molecular weight excluding hydrogens is 468 g/mol. The van der Waals surface area contributed by atoms with Crippen molar-refractivity contribution in [2.75, 3.05) is 26.0 Å². The van der Waals surface area contributed by atoms with Gasteiger partial charge in [0.15, 0.2) is 12.4 Å². The first kappa shape index (κ1) is 23.4. The van der Waals surface area contributed by atoms with Gasteiger partial charge >= 0.3 is 5.97 Å². The molecule has 3 heterocycles. The Bertz CT molecular complexity index is 1340. The van der Waals surface area contributed by atoms with Crippen LogP contribution in [-0.4, -0.2) is 52.9 Å². The van der Waals surface area contributed by atoms with E-state index in [2.05, 4.69) is 9.97 Å². The molecule has 0 saturated heterocycles. The number of thiophene rings is 1. The summed E-state index contributed by atoms with van der Waals surface area (Å²) < 4.78 is 10.4. The van der Waals surface area contributed by atoms with E-state index in [4.69, 9.17) is 15.2 Å². The van der Waals surface area contributed by atoms with E-state index < -0.39 is 11.9 Å². The Morgan fingerprint density at radius 1 is 1.11 bits per heavy atom. The number of rotatable bonds is 7. The average Bonchev–Trinajstić information content (AvgIpc) is 3.20. The zero-order chi connectivity index (χ0) is 24.5. The van der Waals surface area contributed by atoms with Crippen molar-refractivity contribution in [2.45, 2.75) is 45.1 Å². The van der Waals surface area contributed by atoms with Crippen LogP contribution in [0.3, 0.4) is 0 Å². The second-order valence-corrected chi connectivity index (χ2v) is 9.80. The van der Waals surface area contributed by atoms with Gasteiger partial charge in [0.25, 0.3) is 11.8 Å². The van der Waals surface area contributed by atoms with E-state index >= 15 is 0 Å². The number of anilines is 1. The molecule has 1 aliphatic carbocycles. The first-order chi connectivity index (χ1) is 17.0. The minimum Gasteiger partial charge on any atom is -0.454 e. The van der Waals surface area contributed by atoms with Crippen LogP contribution in [0.2, 0.25) is 0 Å². The predicted octanol–water partition coefficient (Wildman–Crippen LogP) is 3.53. The SMILES string of the molecule is COCCCN1C(=O)c2ccc(C(=O)OCc3nc(N)c4c5c(sc4n3)CCCCC5)cc2C1=O. The summed E-state index contributed by atoms with van der Waals surface area (Å²) in [4.78, 5) is 50.3. The highest BCUT2D eigenvalue weighted by molar-refractivity contribution is 7.19. The van der Waals surface area contributed by atoms with E-state index in [0.29, 0.717) is 24.7 Å². The number of esters is 1. The molecule has 0 unspecified atom stereocenters. The summed E-state index contributed by atoms with van der Waals surface area (Å²) in [5, 5.41) is 0.929. The van der Waals surface area contributed by atoms with E-state index in [0.717, 1.165) is 35.9 Å². The predicted molar refractivity (Wildman–Crippen MR) is 131 cm³/mol. The summed E-state index contributed by atoms with van der Waals surface area (Å²) in [5.41, 5.74) is 8.19. The number of nitrogen functional groups attached to an aromatic ring is 1. The van der Waals surface area contributed by atoms with Gasteiger partial charge in [0.1, 0.15) is 10.6 Å². The molecule has 10 heteroatoms. The van der Waals surface area contributed by atoms with Crippen LogP contribution in [0.1, 0.15) is 73.0 Å². The third-order valence-electron chi connectivity index (χ3n) is 6.41. The van der Waals surface area contributed by atoms with Gasteiger partial charge in [0.05, 0.1) is 22.1 Å². The number of nitrogens with two attached hydrogens (primary N) is 1. The Balaban J connectivity index is 1.30. The van der Waals surface area contributed by atoms with Crippen LogP contribution < -0.4 is 5.73 Å². The van der Waals surface area contributed by atoms with Gasteiger partial charge in [0, 0.05) is 25.1 Å². The van der Waals surface area contributed by atoms with Crippen LogP contribution in [0.4, 0.5) is 5.82 Å². The van der Waals surface area contributed by atoms with Crippen LogP contribution in [0.15, 0.2) is 18.2 Å². The maximum atomic E-state index is 12.7. The number of carbonyl (C=O) groups is 3. The van der Waals surface area contributed by atoms with Gasteiger partial charge in [-0.3, -0.25) is 14.5 Å². The molecule has 5 rings (SSSR count). The van der Waals surface area contributed by atoms with Crippen LogP contribution >= 0.6 is 11.3 Å². The van der Waals surface area contributed by atoms with E-state index in [-0.39, 0.29) is 35.7 Å². The molecule has 1 aromatic carbocycles. The van der Waals surface area contributed by atoms with Gasteiger partial charge in [-0.05, 0) is 55.9 Å². The molecule has 2 amide bonds. The van der Waals surface area contributed by atoms with Gasteiger partial charge in [-0.2, -0.15) is 0 Å². The van der Waals surface area contributed by atoms with Crippen LogP contribution in [0.25, 0.3) is 10.2 Å². The number of carbonyl (C=O) groups excluding carboxylic acids is 3. The summed E-state index contributed by atoms with van der Waals surface area (Å²) in [6.45, 7) is 0.555. The molecule has 0 spiro atoms. The van der Waals surface area contributed by atoms with Crippen molar-refractivity contribution >= 4 is 45.2 Å². The number of benzene rings is 1. The molecule has 1 aliphatic heterocycles. The molecular formula is C25H26N4O5S. The molecule has 3 aromatic rings. The molecule has 2 N–H and O–H groups in total. The van der Waals surface area contributed by atoms with E-state index in [1.165, 1.54) is 40.0 Å². The first-order valence-electron chi connectivity index (χ1n) is 11.7. The number of ether oxygens (including phenoxy) is 2. The highest BCUT2D eigenvalue weighted by Crippen LogP contribution is 2.37. The van der Waals surface area contributed by atoms with Crippen molar-refractivity contribution < 1.29 is 23.9 Å². The lowest BCUT2D eigenvalue weighted by atomic mass is 10.1. The van der Waals surface area contributed by atoms with Gasteiger partial charge in [-0.15, -0.1) is 11.3 Å². The topological polar surface area (TPSA) is 125 Å². The Hall–Kier alpha value is -3.37. The highest BCUT2D eigenvalue weighted by atomic mass is 32.1. The largest absolute Gasteiger partial charge is 0.454 e. The molecule has 35 heavy (non-hydrogen) atoms. The first-order valence-corrected chi connectivity index (χ1v) is 12.5. The summed E-state index contributed by atoms with van der Waals surface area (Å²) in [7, 11) is 1.56. The Labute approximate surface area is 206 Å². The van der Waals surface area contributed by atoms with E-state index in [9.17, 15) is 14.4 Å². The smallest absolute Gasteiger partial charge is 0.338 e. The van der Waals surface area contributed by atoms with Crippen LogP contribution in [0, 0.1) is 0 Å². The van der Waals surface area contributed by atoms with Gasteiger partial charge < -0.3 is 15.2 Å². The summed E-state index contributed by atoms with van der Waals surface area (Å²) in [6.07, 6.45) is 6.07. The summed E-state index contributed by atoms with van der Waals surface area (Å²) in [5.74, 6) is -0.676. The Morgan fingerprint density at radius 2 is 1.91 bits per heavy atom. The maximum absolute atomic E-state index is 12.7. The molecule has 0 atom stereocenters. The molecule has 2 aromatic heterocycles. The molecule has 182 valence electrons. The van der Waals surface area contributed by atoms with Crippen molar-refractivity contribution in [3.8, 4) is 0 Å². The fourth-order valence-electron chi connectivity index (χ4n) is 4.67. The number of aryl methyl sites for hydroxylation is 2. The number of aromatic nitrogens is 2. The Morgan fingerprint density at radius 3 is 2.74 bits per heavy atom. The average molecular weight is 495 g/mol. The van der Waals surface area contributed by atoms with Crippen molar-refractivity contribution in [3.63, 3.8) is 0 Å². The number of hydrogen-bond donors (Lipinski definition) is 1. The van der Waals surface area contributed by atoms with E-state index in [1.54, 1.807) is 18.4 Å². The third-order valence-corrected chi connectivity index (χ3v) is 7.59. The second-order valence-electron chi connectivity index (χ2n) is 8.71. The lowest BCUT2D eigenvalue weighted by molar-refractivity contribution is 0.0462. The molecule has 0 fully saturated rings. The highest BCUT2D eigenvalue weighted by Gasteiger charge is 2.35. The van der Waals surface area contributed by atoms with Gasteiger partial charge in [-0.25, -0.2) is 14.8 Å². The maximum Gasteiger partial charge on any atom is 0.338 e. The fraction of sp³-hybridized carbons (Fsp3) is 0.400. The lowest BCUT2D eigenvalue weighted by Crippen LogP contribution is -2.31. The number of methoxy groups -OCH3 is 1. The van der Waals surface area contributed by atoms with Crippen LogP contribution in [-0.2, 0) is 28.9 Å². The summed E-state index contributed by atoms with van der Waals surface area (Å²) >= 11 is 1.64.